The summed E-state index contributed by atoms with van der Waals surface area (Å²) in [6, 6.07) is 0. The van der Waals surface area contributed by atoms with E-state index in [4.69, 9.17) is 49.5 Å². The van der Waals surface area contributed by atoms with Crippen LogP contribution in [0.25, 0.3) is 0 Å². The Hall–Kier alpha value is -1.65. The summed E-state index contributed by atoms with van der Waals surface area (Å²) in [6.45, 7) is 5.42. The molecule has 0 aliphatic rings. The molecule has 21 heavy (non-hydrogen) atoms. The fourth-order valence-corrected chi connectivity index (χ4v) is 0. The zero-order valence-corrected chi connectivity index (χ0v) is 14.8. The molecule has 0 aromatic carbocycles. The van der Waals surface area contributed by atoms with Crippen molar-refractivity contribution < 1.29 is 49.5 Å². The van der Waals surface area contributed by atoms with Crippen molar-refractivity contribution in [1.29, 1.82) is 0 Å². The zero-order valence-electron chi connectivity index (χ0n) is 12.8. The van der Waals surface area contributed by atoms with Crippen molar-refractivity contribution in [3.05, 3.63) is 0 Å². The molecule has 0 aliphatic heterocycles. The van der Waals surface area contributed by atoms with Crippen LogP contribution in [0.15, 0.2) is 0 Å². The molecule has 0 aromatic heterocycles. The molecule has 0 saturated carbocycles. The van der Waals surface area contributed by atoms with E-state index in [2.05, 4.69) is 0 Å². The van der Waals surface area contributed by atoms with Crippen LogP contribution in [-0.2, 0) is 24.0 Å². The summed E-state index contributed by atoms with van der Waals surface area (Å²) in [5.41, 5.74) is 0. The van der Waals surface area contributed by atoms with Crippen molar-refractivity contribution in [2.45, 2.75) is 34.6 Å². The van der Waals surface area contributed by atoms with Gasteiger partial charge in [0.2, 0.25) is 0 Å². The fourth-order valence-electron chi connectivity index (χ4n) is 0. The van der Waals surface area contributed by atoms with Crippen LogP contribution in [-0.4, -0.2) is 84.9 Å². The van der Waals surface area contributed by atoms with Crippen LogP contribution in [0.4, 0.5) is 0 Å². The monoisotopic (exact) mass is 323 g/mol. The Morgan fingerprint density at radius 1 is 0.429 bits per heavy atom. The van der Waals surface area contributed by atoms with Gasteiger partial charge in [0.25, 0.3) is 29.8 Å². The first kappa shape index (κ1) is 36.6. The third-order valence-electron chi connectivity index (χ3n) is 0. The Labute approximate surface area is 143 Å². The molecule has 11 heteroatoms. The first-order valence-electron chi connectivity index (χ1n) is 4.64. The Morgan fingerprint density at radius 3 is 0.429 bits per heavy atom. The molecule has 10 nitrogen and oxygen atoms in total. The van der Waals surface area contributed by atoms with E-state index in [1.807, 2.05) is 0 Å². The number of carboxylic acids is 5. The molecule has 5 N–H and O–H groups in total. The molecule has 0 bridgehead atoms. The van der Waals surface area contributed by atoms with Gasteiger partial charge in [-0.25, -0.2) is 0 Å². The van der Waals surface area contributed by atoms with Crippen LogP contribution in [0, 0.1) is 0 Å². The van der Waals surface area contributed by atoms with Gasteiger partial charge >= 0.3 is 0 Å². The van der Waals surface area contributed by atoms with Gasteiger partial charge < -0.3 is 25.5 Å². The molecule has 0 spiro atoms. The normalized spacial score (nSPS) is 5.95. The van der Waals surface area contributed by atoms with Crippen molar-refractivity contribution in [3.8, 4) is 0 Å². The van der Waals surface area contributed by atoms with E-state index in [1.54, 1.807) is 0 Å². The van der Waals surface area contributed by atoms with Gasteiger partial charge in [0, 0.05) is 64.2 Å². The Bertz CT molecular complexity index is 211. The van der Waals surface area contributed by atoms with E-state index in [9.17, 15) is 0 Å². The average Bonchev–Trinajstić information content (AvgIpc) is 1.94. The molecule has 0 aromatic rings. The Balaban J connectivity index is -0.0000000331. The van der Waals surface area contributed by atoms with Crippen LogP contribution in [0.3, 0.4) is 0 Å². The molecule has 1 radical (unpaired) electrons. The van der Waals surface area contributed by atoms with Crippen molar-refractivity contribution in [2.75, 3.05) is 0 Å². The maximum absolute atomic E-state index is 9.00. The predicted octanol–water partition coefficient (Wildman–Crippen LogP) is 0.0737. The van der Waals surface area contributed by atoms with E-state index >= 15 is 0 Å². The molecule has 121 valence electrons. The minimum absolute atomic E-state index is 0. The summed E-state index contributed by atoms with van der Waals surface area (Å²) < 4.78 is 0. The second kappa shape index (κ2) is 31.0. The molecular weight excluding hydrogens is 303 g/mol. The van der Waals surface area contributed by atoms with Gasteiger partial charge in [0.05, 0.1) is 0 Å². The van der Waals surface area contributed by atoms with Crippen LogP contribution in [0.5, 0.6) is 0 Å². The SMILES string of the molecule is CC(=O)O.CC(=O)O.CC(=O)O.CC(=O)O.CC(=O)O.[Na]. The van der Waals surface area contributed by atoms with Crippen molar-refractivity contribution in [1.82, 2.24) is 0 Å². The number of carbonyl (C=O) groups is 5. The molecule has 0 saturated heterocycles. The second-order valence-electron chi connectivity index (χ2n) is 2.60. The second-order valence-corrected chi connectivity index (χ2v) is 2.60. The van der Waals surface area contributed by atoms with Gasteiger partial charge in [-0.2, -0.15) is 0 Å². The molecular formula is C10H20NaO10. The van der Waals surface area contributed by atoms with Gasteiger partial charge in [-0.3, -0.25) is 24.0 Å². The first-order valence-corrected chi connectivity index (χ1v) is 4.64. The van der Waals surface area contributed by atoms with Gasteiger partial charge in [-0.05, 0) is 0 Å². The summed E-state index contributed by atoms with van der Waals surface area (Å²) in [6.07, 6.45) is 0. The molecule has 0 rings (SSSR count). The molecule has 0 fully saturated rings. The smallest absolute Gasteiger partial charge is 0.300 e. The molecule has 0 amide bonds. The number of rotatable bonds is 0. The van der Waals surface area contributed by atoms with E-state index < -0.39 is 29.8 Å². The third-order valence-corrected chi connectivity index (χ3v) is 0. The standard InChI is InChI=1S/5C2H4O2.Na/c5*1-2(3)4;/h5*1H3,(H,3,4);. The summed E-state index contributed by atoms with van der Waals surface area (Å²) in [5, 5.41) is 37.1. The maximum atomic E-state index is 9.00. The number of carboxylic acid groups (broad SMARTS) is 5. The quantitative estimate of drug-likeness (QED) is 0.382. The fraction of sp³-hybridized carbons (Fsp3) is 0.500. The number of hydrogen-bond donors (Lipinski definition) is 5. The first-order chi connectivity index (χ1) is 8.66. The summed E-state index contributed by atoms with van der Waals surface area (Å²) in [7, 11) is 0. The molecule has 0 heterocycles. The molecule has 0 aliphatic carbocycles. The van der Waals surface area contributed by atoms with Gasteiger partial charge in [-0.15, -0.1) is 0 Å². The molecule has 0 unspecified atom stereocenters. The largest absolute Gasteiger partial charge is 0.481 e. The van der Waals surface area contributed by atoms with Crippen LogP contribution in [0.1, 0.15) is 34.6 Å². The van der Waals surface area contributed by atoms with Crippen molar-refractivity contribution in [2.24, 2.45) is 0 Å². The molecule has 0 atom stereocenters. The number of hydrogen-bond acceptors (Lipinski definition) is 5. The Kier molecular flexibility index (Phi) is 54.0. The van der Waals surface area contributed by atoms with E-state index in [0.29, 0.717) is 0 Å². The summed E-state index contributed by atoms with van der Waals surface area (Å²) in [5.74, 6) is -4.17. The summed E-state index contributed by atoms with van der Waals surface area (Å²) >= 11 is 0. The van der Waals surface area contributed by atoms with E-state index in [-0.39, 0.29) is 29.6 Å². The van der Waals surface area contributed by atoms with E-state index in [1.165, 1.54) is 0 Å². The number of aliphatic carboxylic acids is 5. The average molecular weight is 323 g/mol. The zero-order chi connectivity index (χ0) is 17.9. The predicted molar refractivity (Wildman–Crippen MR) is 72.3 cm³/mol. The van der Waals surface area contributed by atoms with Gasteiger partial charge in [-0.1, -0.05) is 0 Å². The van der Waals surface area contributed by atoms with Crippen molar-refractivity contribution >= 4 is 59.4 Å². The van der Waals surface area contributed by atoms with Crippen molar-refractivity contribution in [3.63, 3.8) is 0 Å². The Morgan fingerprint density at radius 2 is 0.429 bits per heavy atom. The minimum atomic E-state index is -0.833. The third kappa shape index (κ3) is 1800. The van der Waals surface area contributed by atoms with Gasteiger partial charge in [0.1, 0.15) is 0 Å². The van der Waals surface area contributed by atoms with Crippen LogP contribution < -0.4 is 0 Å². The van der Waals surface area contributed by atoms with Crippen LogP contribution >= 0.6 is 0 Å². The van der Waals surface area contributed by atoms with E-state index in [0.717, 1.165) is 34.6 Å². The van der Waals surface area contributed by atoms with Gasteiger partial charge in [0.15, 0.2) is 0 Å². The minimum Gasteiger partial charge on any atom is -0.481 e. The maximum Gasteiger partial charge on any atom is 0.300 e. The van der Waals surface area contributed by atoms with Crippen LogP contribution in [0.2, 0.25) is 0 Å². The summed E-state index contributed by atoms with van der Waals surface area (Å²) in [4.78, 5) is 45.0. The topological polar surface area (TPSA) is 186 Å².